The summed E-state index contributed by atoms with van der Waals surface area (Å²) in [5.41, 5.74) is 0. The molecule has 0 spiro atoms. The van der Waals surface area contributed by atoms with Crippen molar-refractivity contribution in [1.29, 1.82) is 0 Å². The summed E-state index contributed by atoms with van der Waals surface area (Å²) < 4.78 is 68.7. The molecule has 0 heterocycles. The molecule has 0 fully saturated rings. The van der Waals surface area contributed by atoms with Gasteiger partial charge in [-0.25, -0.2) is 9.13 Å². The molecule has 5 atom stereocenters. The van der Waals surface area contributed by atoms with Crippen molar-refractivity contribution < 1.29 is 80.2 Å². The van der Waals surface area contributed by atoms with Crippen LogP contribution < -0.4 is 0 Å². The second-order valence-corrected chi connectivity index (χ2v) is 33.4. The molecule has 0 aliphatic heterocycles. The summed E-state index contributed by atoms with van der Waals surface area (Å²) in [4.78, 5) is 73.0. The molecule has 0 aliphatic rings. The molecule has 0 rings (SSSR count). The highest BCUT2D eigenvalue weighted by Gasteiger charge is 2.30. The molecule has 0 bridgehead atoms. The molecular weight excluding hydrogens is 1320 g/mol. The highest BCUT2D eigenvalue weighted by Crippen LogP contribution is 2.45. The van der Waals surface area contributed by atoms with E-state index < -0.39 is 97.5 Å². The van der Waals surface area contributed by atoms with Crippen molar-refractivity contribution in [1.82, 2.24) is 0 Å². The maximum atomic E-state index is 13.1. The van der Waals surface area contributed by atoms with Crippen molar-refractivity contribution in [3.8, 4) is 0 Å². The van der Waals surface area contributed by atoms with Gasteiger partial charge in [-0.1, -0.05) is 382 Å². The molecule has 17 nitrogen and oxygen atoms in total. The van der Waals surface area contributed by atoms with Gasteiger partial charge in [0.15, 0.2) is 12.2 Å². The number of esters is 4. The average Bonchev–Trinajstić information content (AvgIpc) is 0.946. The fourth-order valence-electron chi connectivity index (χ4n) is 12.7. The Labute approximate surface area is 619 Å². The normalized spacial score (nSPS) is 13.9. The lowest BCUT2D eigenvalue weighted by atomic mass is 10.0. The molecule has 600 valence electrons. The van der Waals surface area contributed by atoms with E-state index in [-0.39, 0.29) is 25.7 Å². The van der Waals surface area contributed by atoms with Crippen LogP contribution in [0.2, 0.25) is 0 Å². The minimum atomic E-state index is -4.96. The zero-order chi connectivity index (χ0) is 74.2. The number of aliphatic hydroxyl groups excluding tert-OH is 1. The number of phosphoric ester groups is 2. The first-order valence-electron chi connectivity index (χ1n) is 42.5. The van der Waals surface area contributed by atoms with Gasteiger partial charge in [0, 0.05) is 25.7 Å². The SMILES string of the molecule is CCCCCCCCCCCCCCCCCCCCC(=O)OC[C@H](COP(=O)(O)OC[C@@H](O)COP(=O)(O)OC[C@@H](COC(=O)CCCCCCCCCCC)OC(=O)CCCCCCCCCCCCCCCC(C)C)OC(=O)CCCCCCCCCCCCCCCCCC(C)C. The van der Waals surface area contributed by atoms with Crippen LogP contribution in [0.4, 0.5) is 0 Å². The van der Waals surface area contributed by atoms with Gasteiger partial charge in [0.25, 0.3) is 0 Å². The molecule has 0 aromatic rings. The zero-order valence-electron chi connectivity index (χ0n) is 66.2. The zero-order valence-corrected chi connectivity index (χ0v) is 68.0. The van der Waals surface area contributed by atoms with Crippen LogP contribution in [0.3, 0.4) is 0 Å². The van der Waals surface area contributed by atoms with Gasteiger partial charge in [0.2, 0.25) is 0 Å². The van der Waals surface area contributed by atoms with E-state index >= 15 is 0 Å². The van der Waals surface area contributed by atoms with Crippen LogP contribution >= 0.6 is 15.6 Å². The van der Waals surface area contributed by atoms with Crippen LogP contribution in [0, 0.1) is 11.8 Å². The monoisotopic (exact) mass is 1480 g/mol. The highest BCUT2D eigenvalue weighted by atomic mass is 31.2. The van der Waals surface area contributed by atoms with E-state index in [0.717, 1.165) is 102 Å². The molecular formula is C82H160O17P2. The Morgan fingerprint density at radius 3 is 0.673 bits per heavy atom. The lowest BCUT2D eigenvalue weighted by molar-refractivity contribution is -0.161. The van der Waals surface area contributed by atoms with Crippen LogP contribution in [0.15, 0.2) is 0 Å². The number of carbonyl (C=O) groups excluding carboxylic acids is 4. The molecule has 0 saturated heterocycles. The summed E-state index contributed by atoms with van der Waals surface area (Å²) in [5, 5.41) is 10.6. The second-order valence-electron chi connectivity index (χ2n) is 30.5. The molecule has 19 heteroatoms. The Morgan fingerprint density at radius 1 is 0.267 bits per heavy atom. The summed E-state index contributed by atoms with van der Waals surface area (Å²) in [6.07, 6.45) is 63.8. The van der Waals surface area contributed by atoms with Gasteiger partial charge in [0.05, 0.1) is 26.4 Å². The lowest BCUT2D eigenvalue weighted by Crippen LogP contribution is -2.30. The van der Waals surface area contributed by atoms with Gasteiger partial charge in [-0.15, -0.1) is 0 Å². The molecule has 0 aromatic heterocycles. The molecule has 0 saturated carbocycles. The largest absolute Gasteiger partial charge is 0.472 e. The lowest BCUT2D eigenvalue weighted by Gasteiger charge is -2.21. The van der Waals surface area contributed by atoms with Gasteiger partial charge < -0.3 is 33.8 Å². The number of carbonyl (C=O) groups is 4. The molecule has 3 N–H and O–H groups in total. The number of ether oxygens (including phenoxy) is 4. The van der Waals surface area contributed by atoms with E-state index in [9.17, 15) is 43.2 Å². The van der Waals surface area contributed by atoms with E-state index in [2.05, 4.69) is 41.5 Å². The topological polar surface area (TPSA) is 237 Å². The fraction of sp³-hybridized carbons (Fsp3) is 0.951. The van der Waals surface area contributed by atoms with Crippen LogP contribution in [0.5, 0.6) is 0 Å². The number of phosphoric acid groups is 2. The quantitative estimate of drug-likeness (QED) is 0.0222. The van der Waals surface area contributed by atoms with E-state index in [1.807, 2.05) is 0 Å². The van der Waals surface area contributed by atoms with E-state index in [1.165, 1.54) is 250 Å². The predicted octanol–water partition coefficient (Wildman–Crippen LogP) is 24.7. The van der Waals surface area contributed by atoms with Gasteiger partial charge in [-0.05, 0) is 37.5 Å². The first-order valence-corrected chi connectivity index (χ1v) is 45.5. The first-order chi connectivity index (χ1) is 48.9. The molecule has 0 radical (unpaired) electrons. The summed E-state index contributed by atoms with van der Waals surface area (Å²) in [7, 11) is -9.92. The number of aliphatic hydroxyl groups is 1. The fourth-order valence-corrected chi connectivity index (χ4v) is 14.3. The van der Waals surface area contributed by atoms with Crippen LogP contribution in [0.1, 0.15) is 433 Å². The number of hydrogen-bond acceptors (Lipinski definition) is 15. The van der Waals surface area contributed by atoms with E-state index in [4.69, 9.17) is 37.0 Å². The van der Waals surface area contributed by atoms with E-state index in [0.29, 0.717) is 25.7 Å². The Morgan fingerprint density at radius 2 is 0.455 bits per heavy atom. The van der Waals surface area contributed by atoms with Crippen molar-refractivity contribution in [2.75, 3.05) is 39.6 Å². The third kappa shape index (κ3) is 76.1. The van der Waals surface area contributed by atoms with Crippen molar-refractivity contribution in [2.24, 2.45) is 11.8 Å². The Bertz CT molecular complexity index is 1940. The third-order valence-corrected chi connectivity index (χ3v) is 21.1. The molecule has 101 heavy (non-hydrogen) atoms. The van der Waals surface area contributed by atoms with Crippen molar-refractivity contribution in [2.45, 2.75) is 452 Å². The molecule has 0 amide bonds. The minimum Gasteiger partial charge on any atom is -0.462 e. The summed E-state index contributed by atoms with van der Waals surface area (Å²) in [6.45, 7) is 9.67. The number of rotatable bonds is 81. The Hall–Kier alpha value is -1.94. The van der Waals surface area contributed by atoms with Crippen LogP contribution in [-0.4, -0.2) is 96.7 Å². The van der Waals surface area contributed by atoms with Crippen molar-refractivity contribution >= 4 is 39.5 Å². The standard InChI is InChI=1S/C82H160O17P2/c1-7-9-11-13-15-17-18-19-20-21-22-25-30-35-41-47-53-59-65-80(85)93-71-78(99-81(86)66-60-54-48-42-36-31-26-23-24-28-33-39-44-50-56-62-74(3)4)73-97-101(90,91)95-69-76(83)68-94-100(88,89)96-72-77(70-92-79(84)64-58-52-46-38-16-14-12-10-8-2)98-82(87)67-61-55-49-43-37-32-27-29-34-40-45-51-57-63-75(5)6/h74-78,83H,7-73H2,1-6H3,(H,88,89)(H,90,91)/t76-,77+,78+/m0/s1. The predicted molar refractivity (Wildman–Crippen MR) is 414 cm³/mol. The third-order valence-electron chi connectivity index (χ3n) is 19.2. The smallest absolute Gasteiger partial charge is 0.462 e. The summed E-state index contributed by atoms with van der Waals surface area (Å²) >= 11 is 0. The minimum absolute atomic E-state index is 0.107. The summed E-state index contributed by atoms with van der Waals surface area (Å²) in [6, 6.07) is 0. The Balaban J connectivity index is 5.22. The highest BCUT2D eigenvalue weighted by molar-refractivity contribution is 7.47. The Kier molecular flexibility index (Phi) is 72.2. The number of hydrogen-bond donors (Lipinski definition) is 3. The maximum Gasteiger partial charge on any atom is 0.472 e. The van der Waals surface area contributed by atoms with Gasteiger partial charge in [0.1, 0.15) is 19.3 Å². The first kappa shape index (κ1) is 99.1. The maximum absolute atomic E-state index is 13.1. The van der Waals surface area contributed by atoms with Crippen LogP contribution in [0.25, 0.3) is 0 Å². The summed E-state index contributed by atoms with van der Waals surface area (Å²) in [5.74, 6) is -0.518. The van der Waals surface area contributed by atoms with Gasteiger partial charge in [-0.3, -0.25) is 37.3 Å². The average molecular weight is 1480 g/mol. The van der Waals surface area contributed by atoms with E-state index in [1.54, 1.807) is 0 Å². The van der Waals surface area contributed by atoms with Crippen molar-refractivity contribution in [3.05, 3.63) is 0 Å². The molecule has 2 unspecified atom stereocenters. The second kappa shape index (κ2) is 73.6. The molecule has 0 aliphatic carbocycles. The van der Waals surface area contributed by atoms with Gasteiger partial charge in [-0.2, -0.15) is 0 Å². The number of unbranched alkanes of at least 4 members (excludes halogenated alkanes) is 51. The van der Waals surface area contributed by atoms with Crippen molar-refractivity contribution in [3.63, 3.8) is 0 Å². The van der Waals surface area contributed by atoms with Crippen LogP contribution in [-0.2, 0) is 65.4 Å². The van der Waals surface area contributed by atoms with Gasteiger partial charge >= 0.3 is 39.5 Å². The molecule has 0 aromatic carbocycles.